The van der Waals surface area contributed by atoms with E-state index < -0.39 is 0 Å². The molecule has 0 saturated carbocycles. The molecule has 0 aliphatic rings. The summed E-state index contributed by atoms with van der Waals surface area (Å²) in [6.07, 6.45) is 0. The Labute approximate surface area is 172 Å². The Hall–Kier alpha value is -2.95. The maximum atomic E-state index is 12.8. The van der Waals surface area contributed by atoms with Crippen molar-refractivity contribution >= 4 is 29.0 Å². The Morgan fingerprint density at radius 1 is 0.857 bits per heavy atom. The molecule has 1 aromatic heterocycles. The lowest BCUT2D eigenvalue weighted by Crippen LogP contribution is -2.15. The molecule has 0 spiro atoms. The van der Waals surface area contributed by atoms with Crippen molar-refractivity contribution in [1.82, 2.24) is 9.55 Å². The van der Waals surface area contributed by atoms with Gasteiger partial charge in [0.15, 0.2) is 0 Å². The van der Waals surface area contributed by atoms with E-state index in [1.807, 2.05) is 60.7 Å². The Morgan fingerprint density at radius 2 is 1.46 bits per heavy atom. The van der Waals surface area contributed by atoms with Crippen LogP contribution in [0.1, 0.15) is 5.56 Å². The SMILES string of the molecule is O=c1[nH]c(NCc2ccccc2)c(-c2ccccc2)n1-c1cc(Cl)cc(Cl)c1. The van der Waals surface area contributed by atoms with Crippen LogP contribution >= 0.6 is 23.2 Å². The average Bonchev–Trinajstić information content (AvgIpc) is 3.03. The normalized spacial score (nSPS) is 10.8. The van der Waals surface area contributed by atoms with Gasteiger partial charge in [-0.25, -0.2) is 4.79 Å². The minimum absolute atomic E-state index is 0.271. The Bertz CT molecular complexity index is 1130. The van der Waals surface area contributed by atoms with Gasteiger partial charge in [-0.3, -0.25) is 9.55 Å². The third-order valence-electron chi connectivity index (χ3n) is 4.36. The van der Waals surface area contributed by atoms with Gasteiger partial charge in [0.2, 0.25) is 0 Å². The van der Waals surface area contributed by atoms with Crippen LogP contribution in [0.4, 0.5) is 5.82 Å². The van der Waals surface area contributed by atoms with Crippen LogP contribution in [0.5, 0.6) is 0 Å². The summed E-state index contributed by atoms with van der Waals surface area (Å²) < 4.78 is 1.58. The quantitative estimate of drug-likeness (QED) is 0.440. The van der Waals surface area contributed by atoms with Gasteiger partial charge >= 0.3 is 5.69 Å². The third-order valence-corrected chi connectivity index (χ3v) is 4.80. The number of aromatic nitrogens is 2. The van der Waals surface area contributed by atoms with Gasteiger partial charge in [0.25, 0.3) is 0 Å². The van der Waals surface area contributed by atoms with E-state index in [-0.39, 0.29) is 5.69 Å². The maximum absolute atomic E-state index is 12.8. The van der Waals surface area contributed by atoms with Crippen LogP contribution in [0, 0.1) is 0 Å². The second-order valence-corrected chi connectivity index (χ2v) is 7.19. The first-order chi connectivity index (χ1) is 13.6. The number of H-pyrrole nitrogens is 1. The first kappa shape index (κ1) is 18.4. The summed E-state index contributed by atoms with van der Waals surface area (Å²) in [5, 5.41) is 4.28. The molecule has 0 bridgehead atoms. The number of anilines is 1. The van der Waals surface area contributed by atoms with Crippen LogP contribution in [-0.4, -0.2) is 9.55 Å². The standard InChI is InChI=1S/C22H17Cl2N3O/c23-17-11-18(24)13-19(12-17)27-20(16-9-5-2-6-10-16)21(26-22(27)28)25-14-15-7-3-1-4-8-15/h1-13,25H,14H2,(H,26,28). The van der Waals surface area contributed by atoms with Crippen molar-refractivity contribution in [2.24, 2.45) is 0 Å². The molecule has 3 aromatic carbocycles. The van der Waals surface area contributed by atoms with Gasteiger partial charge < -0.3 is 5.32 Å². The van der Waals surface area contributed by atoms with Crippen LogP contribution in [0.25, 0.3) is 16.9 Å². The predicted octanol–water partition coefficient (Wildman–Crippen LogP) is 5.75. The molecule has 0 radical (unpaired) electrons. The molecular formula is C22H17Cl2N3O. The van der Waals surface area contributed by atoms with E-state index in [0.717, 1.165) is 16.8 Å². The molecule has 6 heteroatoms. The fourth-order valence-electron chi connectivity index (χ4n) is 3.13. The summed E-state index contributed by atoms with van der Waals surface area (Å²) in [7, 11) is 0. The van der Waals surface area contributed by atoms with Crippen LogP contribution in [0.15, 0.2) is 83.7 Å². The van der Waals surface area contributed by atoms with Crippen molar-refractivity contribution in [2.45, 2.75) is 6.54 Å². The number of nitrogens with one attached hydrogen (secondary N) is 2. The summed E-state index contributed by atoms with van der Waals surface area (Å²) in [4.78, 5) is 15.8. The fraction of sp³-hybridized carbons (Fsp3) is 0.0455. The first-order valence-corrected chi connectivity index (χ1v) is 9.52. The highest BCUT2D eigenvalue weighted by atomic mass is 35.5. The van der Waals surface area contributed by atoms with Crippen molar-refractivity contribution in [1.29, 1.82) is 0 Å². The van der Waals surface area contributed by atoms with Gasteiger partial charge in [0.05, 0.1) is 11.4 Å². The summed E-state index contributed by atoms with van der Waals surface area (Å²) in [6.45, 7) is 0.580. The molecule has 4 rings (SSSR count). The third kappa shape index (κ3) is 3.84. The lowest BCUT2D eigenvalue weighted by molar-refractivity contribution is 0.993. The molecule has 0 amide bonds. The molecule has 2 N–H and O–H groups in total. The highest BCUT2D eigenvalue weighted by Crippen LogP contribution is 2.30. The van der Waals surface area contributed by atoms with E-state index in [1.54, 1.807) is 22.8 Å². The van der Waals surface area contributed by atoms with Crippen LogP contribution in [-0.2, 0) is 6.54 Å². The van der Waals surface area contributed by atoms with Crippen molar-refractivity contribution < 1.29 is 0 Å². The van der Waals surface area contributed by atoms with Gasteiger partial charge in [-0.15, -0.1) is 0 Å². The van der Waals surface area contributed by atoms with Gasteiger partial charge in [0.1, 0.15) is 5.82 Å². The summed E-state index contributed by atoms with van der Waals surface area (Å²) >= 11 is 12.3. The minimum atomic E-state index is -0.271. The lowest BCUT2D eigenvalue weighted by atomic mass is 10.1. The molecule has 140 valence electrons. The summed E-state index contributed by atoms with van der Waals surface area (Å²) in [5.41, 5.74) is 3.06. The van der Waals surface area contributed by atoms with Gasteiger partial charge in [0, 0.05) is 22.2 Å². The fourth-order valence-corrected chi connectivity index (χ4v) is 3.65. The molecule has 1 heterocycles. The second-order valence-electron chi connectivity index (χ2n) is 6.32. The van der Waals surface area contributed by atoms with E-state index in [2.05, 4.69) is 10.3 Å². The number of aromatic amines is 1. The Morgan fingerprint density at radius 3 is 2.11 bits per heavy atom. The van der Waals surface area contributed by atoms with Crippen molar-refractivity contribution in [3.05, 3.63) is 105 Å². The highest BCUT2D eigenvalue weighted by molar-refractivity contribution is 6.34. The molecule has 0 atom stereocenters. The van der Waals surface area contributed by atoms with E-state index in [0.29, 0.717) is 28.1 Å². The molecule has 0 saturated heterocycles. The summed E-state index contributed by atoms with van der Waals surface area (Å²) in [5.74, 6) is 0.635. The van der Waals surface area contributed by atoms with E-state index in [4.69, 9.17) is 23.2 Å². The van der Waals surface area contributed by atoms with E-state index in [1.165, 1.54) is 0 Å². The van der Waals surface area contributed by atoms with Gasteiger partial charge in [-0.05, 0) is 23.8 Å². The molecular weight excluding hydrogens is 393 g/mol. The zero-order valence-corrected chi connectivity index (χ0v) is 16.3. The summed E-state index contributed by atoms with van der Waals surface area (Å²) in [6, 6.07) is 24.8. The Balaban J connectivity index is 1.84. The Kier molecular flexibility index (Phi) is 5.24. The van der Waals surface area contributed by atoms with Crippen LogP contribution < -0.4 is 11.0 Å². The van der Waals surface area contributed by atoms with E-state index in [9.17, 15) is 4.79 Å². The second kappa shape index (κ2) is 7.97. The van der Waals surface area contributed by atoms with Crippen molar-refractivity contribution in [3.63, 3.8) is 0 Å². The molecule has 0 unspecified atom stereocenters. The zero-order chi connectivity index (χ0) is 19.5. The number of hydrogen-bond donors (Lipinski definition) is 2. The number of hydrogen-bond acceptors (Lipinski definition) is 2. The number of halogens is 2. The molecule has 28 heavy (non-hydrogen) atoms. The van der Waals surface area contributed by atoms with Crippen LogP contribution in [0.3, 0.4) is 0 Å². The van der Waals surface area contributed by atoms with E-state index >= 15 is 0 Å². The maximum Gasteiger partial charge on any atom is 0.332 e. The monoisotopic (exact) mass is 409 g/mol. The topological polar surface area (TPSA) is 49.8 Å². The molecule has 4 aromatic rings. The average molecular weight is 410 g/mol. The number of imidazole rings is 1. The van der Waals surface area contributed by atoms with Crippen molar-refractivity contribution in [3.8, 4) is 16.9 Å². The lowest BCUT2D eigenvalue weighted by Gasteiger charge is -2.12. The molecule has 4 nitrogen and oxygen atoms in total. The highest BCUT2D eigenvalue weighted by Gasteiger charge is 2.18. The zero-order valence-electron chi connectivity index (χ0n) is 14.8. The van der Waals surface area contributed by atoms with Gasteiger partial charge in [-0.1, -0.05) is 83.9 Å². The van der Waals surface area contributed by atoms with Crippen LogP contribution in [0.2, 0.25) is 10.0 Å². The predicted molar refractivity (Wildman–Crippen MR) is 116 cm³/mol. The molecule has 0 aliphatic heterocycles. The number of benzene rings is 3. The smallest absolute Gasteiger partial charge is 0.332 e. The number of rotatable bonds is 5. The van der Waals surface area contributed by atoms with Gasteiger partial charge in [-0.2, -0.15) is 0 Å². The minimum Gasteiger partial charge on any atom is -0.366 e. The molecule has 0 aliphatic carbocycles. The van der Waals surface area contributed by atoms with Crippen molar-refractivity contribution in [2.75, 3.05) is 5.32 Å². The largest absolute Gasteiger partial charge is 0.366 e. The first-order valence-electron chi connectivity index (χ1n) is 8.76. The molecule has 0 fully saturated rings. The number of nitrogens with zero attached hydrogens (tertiary/aromatic N) is 1.